The molecule has 1 aromatic carbocycles. The number of ether oxygens (including phenoxy) is 1. The second-order valence-corrected chi connectivity index (χ2v) is 11.3. The highest BCUT2D eigenvalue weighted by Crippen LogP contribution is 2.37. The topological polar surface area (TPSA) is 111 Å². The van der Waals surface area contributed by atoms with E-state index in [1.165, 1.54) is 7.11 Å². The van der Waals surface area contributed by atoms with E-state index in [0.29, 0.717) is 51.7 Å². The lowest BCUT2D eigenvalue weighted by atomic mass is 9.77. The maximum atomic E-state index is 13.7. The number of likely N-dealkylation sites (tertiary alicyclic amines) is 1. The summed E-state index contributed by atoms with van der Waals surface area (Å²) in [5, 5.41) is 16.9. The molecule has 3 aliphatic rings. The highest BCUT2D eigenvalue weighted by Gasteiger charge is 2.54. The normalized spacial score (nSPS) is 22.7. The Morgan fingerprint density at radius 2 is 1.77 bits per heavy atom. The molecular weight excluding hydrogens is 520 g/mol. The van der Waals surface area contributed by atoms with Gasteiger partial charge in [0.25, 0.3) is 0 Å². The number of carbonyl (C=O) groups excluding carboxylic acids is 3. The van der Waals surface area contributed by atoms with Crippen LogP contribution in [0.4, 0.5) is 5.69 Å². The first kappa shape index (κ1) is 31.3. The molecule has 0 unspecified atom stereocenters. The van der Waals surface area contributed by atoms with E-state index in [1.54, 1.807) is 0 Å². The van der Waals surface area contributed by atoms with Gasteiger partial charge in [-0.2, -0.15) is 0 Å². The van der Waals surface area contributed by atoms with Crippen molar-refractivity contribution in [1.29, 1.82) is 0 Å². The molecule has 2 heterocycles. The number of halogens is 1. The van der Waals surface area contributed by atoms with Gasteiger partial charge in [-0.25, -0.2) is 0 Å². The minimum atomic E-state index is -0.863. The fraction of sp³-hybridized carbons (Fsp3) is 0.690. The first-order chi connectivity index (χ1) is 18.3. The standard InChI is InChI=1S/C29H44N4O5.ClH/c1-3-4-16-33-26(35)24(19-28(37)12-6-5-7-13-28)31-27(36)29(33)14-17-32(18-15-29)20-22-8-10-23(11-9-22)30-25(34)21-38-2;/h8-11,24,37H,3-7,12-21H2,1-2H3,(H,30,34)(H,31,36);1H/t24-;/m1./s1. The van der Waals surface area contributed by atoms with Gasteiger partial charge in [0.2, 0.25) is 17.7 Å². The molecule has 3 fully saturated rings. The van der Waals surface area contributed by atoms with Gasteiger partial charge in [-0.1, -0.05) is 44.7 Å². The van der Waals surface area contributed by atoms with Crippen LogP contribution in [0.15, 0.2) is 24.3 Å². The minimum Gasteiger partial charge on any atom is -0.390 e. The zero-order chi connectivity index (χ0) is 27.2. The number of benzene rings is 1. The molecule has 1 aliphatic carbocycles. The first-order valence-electron chi connectivity index (χ1n) is 14.2. The quantitative estimate of drug-likeness (QED) is 0.402. The summed E-state index contributed by atoms with van der Waals surface area (Å²) in [6, 6.07) is 7.12. The fourth-order valence-corrected chi connectivity index (χ4v) is 6.31. The van der Waals surface area contributed by atoms with E-state index in [2.05, 4.69) is 22.5 Å². The molecule has 3 N–H and O–H groups in total. The Balaban J connectivity index is 0.00000420. The second-order valence-electron chi connectivity index (χ2n) is 11.3. The number of amides is 3. The Morgan fingerprint density at radius 1 is 1.10 bits per heavy atom. The van der Waals surface area contributed by atoms with E-state index in [9.17, 15) is 19.5 Å². The van der Waals surface area contributed by atoms with Crippen molar-refractivity contribution >= 4 is 35.8 Å². The number of methoxy groups -OCH3 is 1. The summed E-state index contributed by atoms with van der Waals surface area (Å²) in [6.07, 6.45) is 7.75. The van der Waals surface area contributed by atoms with E-state index in [4.69, 9.17) is 4.74 Å². The number of anilines is 1. The molecule has 0 bridgehead atoms. The average molecular weight is 565 g/mol. The largest absolute Gasteiger partial charge is 0.390 e. The van der Waals surface area contributed by atoms with Crippen LogP contribution in [-0.2, 0) is 25.7 Å². The molecule has 4 rings (SSSR count). The predicted molar refractivity (Wildman–Crippen MR) is 153 cm³/mol. The number of aliphatic hydroxyl groups is 1. The lowest BCUT2D eigenvalue weighted by Gasteiger charge is -2.52. The van der Waals surface area contributed by atoms with Gasteiger partial charge in [0.1, 0.15) is 18.2 Å². The molecular formula is C29H45ClN4O5. The minimum absolute atomic E-state index is 0. The molecule has 2 saturated heterocycles. The van der Waals surface area contributed by atoms with E-state index >= 15 is 0 Å². The van der Waals surface area contributed by atoms with Crippen LogP contribution >= 0.6 is 12.4 Å². The Bertz CT molecular complexity index is 974. The van der Waals surface area contributed by atoms with Gasteiger partial charge >= 0.3 is 0 Å². The number of rotatable bonds is 10. The second kappa shape index (κ2) is 13.9. The molecule has 218 valence electrons. The van der Waals surface area contributed by atoms with Crippen molar-refractivity contribution in [2.45, 2.75) is 94.9 Å². The number of hydrogen-bond acceptors (Lipinski definition) is 6. The van der Waals surface area contributed by atoms with Crippen LogP contribution in [0.5, 0.6) is 0 Å². The number of unbranched alkanes of at least 4 members (excludes halogenated alkanes) is 1. The van der Waals surface area contributed by atoms with E-state index in [-0.39, 0.29) is 36.7 Å². The lowest BCUT2D eigenvalue weighted by molar-refractivity contribution is -0.163. The summed E-state index contributed by atoms with van der Waals surface area (Å²) in [7, 11) is 1.49. The summed E-state index contributed by atoms with van der Waals surface area (Å²) in [4.78, 5) is 43.3. The molecule has 0 aromatic heterocycles. The van der Waals surface area contributed by atoms with Crippen LogP contribution in [0.2, 0.25) is 0 Å². The van der Waals surface area contributed by atoms with Crippen LogP contribution in [0, 0.1) is 0 Å². The summed E-state index contributed by atoms with van der Waals surface area (Å²) >= 11 is 0. The third kappa shape index (κ3) is 7.51. The molecule has 9 nitrogen and oxygen atoms in total. The van der Waals surface area contributed by atoms with Gasteiger partial charge in [0, 0.05) is 45.4 Å². The monoisotopic (exact) mass is 564 g/mol. The third-order valence-electron chi connectivity index (χ3n) is 8.51. The SMILES string of the molecule is CCCCN1C(=O)[C@@H](CC2(O)CCCCC2)NC(=O)C12CCN(Cc1ccc(NC(=O)COC)cc1)CC2.Cl. The Hall–Kier alpha value is -2.20. The Labute approximate surface area is 238 Å². The number of nitrogens with zero attached hydrogens (tertiary/aromatic N) is 2. The zero-order valence-corrected chi connectivity index (χ0v) is 24.2. The van der Waals surface area contributed by atoms with Gasteiger partial charge < -0.3 is 25.4 Å². The van der Waals surface area contributed by atoms with Gasteiger partial charge in [0.05, 0.1) is 5.60 Å². The van der Waals surface area contributed by atoms with Crippen molar-refractivity contribution in [3.63, 3.8) is 0 Å². The van der Waals surface area contributed by atoms with E-state index in [1.807, 2.05) is 29.2 Å². The Kier molecular flexibility index (Phi) is 11.2. The number of hydrogen-bond donors (Lipinski definition) is 3. The molecule has 1 aromatic rings. The summed E-state index contributed by atoms with van der Waals surface area (Å²) < 4.78 is 4.85. The third-order valence-corrected chi connectivity index (χ3v) is 8.51. The number of piperazine rings is 1. The number of nitrogens with one attached hydrogen (secondary N) is 2. The molecule has 1 atom stereocenters. The molecule has 3 amide bonds. The van der Waals surface area contributed by atoms with Gasteiger partial charge in [-0.3, -0.25) is 19.3 Å². The zero-order valence-electron chi connectivity index (χ0n) is 23.4. The molecule has 1 spiro atoms. The van der Waals surface area contributed by atoms with E-state index in [0.717, 1.165) is 49.9 Å². The van der Waals surface area contributed by atoms with E-state index < -0.39 is 17.2 Å². The number of carbonyl (C=O) groups is 3. The predicted octanol–water partition coefficient (Wildman–Crippen LogP) is 3.24. The van der Waals surface area contributed by atoms with Crippen LogP contribution in [0.3, 0.4) is 0 Å². The van der Waals surface area contributed by atoms with Crippen LogP contribution in [0.1, 0.15) is 76.7 Å². The van der Waals surface area contributed by atoms with Crippen LogP contribution in [0.25, 0.3) is 0 Å². The molecule has 1 saturated carbocycles. The molecule has 0 radical (unpaired) electrons. The van der Waals surface area contributed by atoms with Gasteiger partial charge in [-0.15, -0.1) is 12.4 Å². The average Bonchev–Trinajstić information content (AvgIpc) is 2.90. The molecule has 2 aliphatic heterocycles. The lowest BCUT2D eigenvalue weighted by Crippen LogP contribution is -2.73. The van der Waals surface area contributed by atoms with Gasteiger partial charge in [-0.05, 0) is 49.8 Å². The van der Waals surface area contributed by atoms with Crippen molar-refractivity contribution < 1.29 is 24.2 Å². The highest BCUT2D eigenvalue weighted by molar-refractivity contribution is 6.00. The van der Waals surface area contributed by atoms with Crippen molar-refractivity contribution in [2.75, 3.05) is 38.7 Å². The Morgan fingerprint density at radius 3 is 2.38 bits per heavy atom. The van der Waals surface area contributed by atoms with Crippen LogP contribution < -0.4 is 10.6 Å². The first-order valence-corrected chi connectivity index (χ1v) is 14.2. The number of piperidine rings is 1. The molecule has 10 heteroatoms. The maximum Gasteiger partial charge on any atom is 0.250 e. The smallest absolute Gasteiger partial charge is 0.250 e. The van der Waals surface area contributed by atoms with Crippen LogP contribution in [-0.4, -0.2) is 83.2 Å². The van der Waals surface area contributed by atoms with Crippen molar-refractivity contribution in [3.8, 4) is 0 Å². The van der Waals surface area contributed by atoms with Gasteiger partial charge in [0.15, 0.2) is 0 Å². The summed E-state index contributed by atoms with van der Waals surface area (Å²) in [5.41, 5.74) is 0.172. The van der Waals surface area contributed by atoms with Crippen molar-refractivity contribution in [1.82, 2.24) is 15.1 Å². The van der Waals surface area contributed by atoms with Crippen molar-refractivity contribution in [2.24, 2.45) is 0 Å². The summed E-state index contributed by atoms with van der Waals surface area (Å²) in [6.45, 7) is 4.86. The summed E-state index contributed by atoms with van der Waals surface area (Å²) in [5.74, 6) is -0.283. The molecule has 39 heavy (non-hydrogen) atoms. The highest BCUT2D eigenvalue weighted by atomic mass is 35.5. The van der Waals surface area contributed by atoms with Crippen molar-refractivity contribution in [3.05, 3.63) is 29.8 Å². The maximum absolute atomic E-state index is 13.7. The fourth-order valence-electron chi connectivity index (χ4n) is 6.31.